The normalized spacial score (nSPS) is 11.8. The topological polar surface area (TPSA) is 66.4 Å². The van der Waals surface area contributed by atoms with E-state index in [2.05, 4.69) is 11.6 Å². The number of aliphatic hydroxyl groups is 1. The first-order valence-corrected chi connectivity index (χ1v) is 9.04. The number of benzene rings is 1. The summed E-state index contributed by atoms with van der Waals surface area (Å²) < 4.78 is 27.4. The zero-order valence-corrected chi connectivity index (χ0v) is 13.7. The third-order valence-corrected chi connectivity index (χ3v) is 6.00. The summed E-state index contributed by atoms with van der Waals surface area (Å²) in [6, 6.07) is 8.92. The first kappa shape index (κ1) is 16.2. The van der Waals surface area contributed by atoms with Gasteiger partial charge in [-0.25, -0.2) is 13.1 Å². The number of hydrogen-bond donors (Lipinski definition) is 2. The molecule has 0 aliphatic heterocycles. The maximum Gasteiger partial charge on any atom is 0.241 e. The van der Waals surface area contributed by atoms with Gasteiger partial charge in [-0.15, -0.1) is 11.3 Å². The number of thiophene rings is 1. The highest BCUT2D eigenvalue weighted by Gasteiger charge is 2.17. The highest BCUT2D eigenvalue weighted by atomic mass is 32.2. The van der Waals surface area contributed by atoms with Crippen molar-refractivity contribution < 1.29 is 13.5 Å². The lowest BCUT2D eigenvalue weighted by atomic mass is 10.2. The number of rotatable bonds is 6. The molecule has 0 radical (unpaired) electrons. The van der Waals surface area contributed by atoms with Crippen molar-refractivity contribution in [3.8, 4) is 0 Å². The molecule has 0 bridgehead atoms. The van der Waals surface area contributed by atoms with Gasteiger partial charge in [0.05, 0.1) is 11.5 Å². The standard InChI is InChI=1S/C15H19NO3S2/c1-3-13-6-7-14(20-13)9-16-21(18,19)15-8-12(10-17)5-4-11(15)2/h4-8,16-17H,3,9-10H2,1-2H3. The lowest BCUT2D eigenvalue weighted by molar-refractivity contribution is 0.281. The first-order valence-electron chi connectivity index (χ1n) is 6.74. The Bertz CT molecular complexity index is 720. The zero-order chi connectivity index (χ0) is 15.5. The molecule has 1 aromatic heterocycles. The number of hydrogen-bond acceptors (Lipinski definition) is 4. The highest BCUT2D eigenvalue weighted by molar-refractivity contribution is 7.89. The molecule has 6 heteroatoms. The molecule has 0 aliphatic rings. The van der Waals surface area contributed by atoms with Gasteiger partial charge in [-0.3, -0.25) is 0 Å². The third kappa shape index (κ3) is 3.91. The first-order chi connectivity index (χ1) is 9.96. The van der Waals surface area contributed by atoms with Crippen LogP contribution in [0.25, 0.3) is 0 Å². The van der Waals surface area contributed by atoms with Crippen LogP contribution in [0.15, 0.2) is 35.2 Å². The van der Waals surface area contributed by atoms with E-state index in [1.54, 1.807) is 30.4 Å². The van der Waals surface area contributed by atoms with E-state index in [-0.39, 0.29) is 18.0 Å². The zero-order valence-electron chi connectivity index (χ0n) is 12.1. The summed E-state index contributed by atoms with van der Waals surface area (Å²) in [7, 11) is -3.57. The second-order valence-electron chi connectivity index (χ2n) is 4.80. The van der Waals surface area contributed by atoms with Crippen LogP contribution >= 0.6 is 11.3 Å². The number of aliphatic hydroxyl groups excluding tert-OH is 1. The Morgan fingerprint density at radius 3 is 2.52 bits per heavy atom. The molecule has 0 amide bonds. The fourth-order valence-electron chi connectivity index (χ4n) is 1.98. The van der Waals surface area contributed by atoms with Crippen molar-refractivity contribution in [1.82, 2.24) is 4.72 Å². The smallest absolute Gasteiger partial charge is 0.241 e. The molecule has 0 spiro atoms. The van der Waals surface area contributed by atoms with E-state index in [4.69, 9.17) is 5.11 Å². The minimum Gasteiger partial charge on any atom is -0.392 e. The van der Waals surface area contributed by atoms with E-state index in [0.717, 1.165) is 11.3 Å². The van der Waals surface area contributed by atoms with Gasteiger partial charge in [0.1, 0.15) is 0 Å². The van der Waals surface area contributed by atoms with Gasteiger partial charge in [-0.05, 0) is 42.7 Å². The molecule has 0 fully saturated rings. The minimum atomic E-state index is -3.57. The van der Waals surface area contributed by atoms with Crippen LogP contribution in [0.4, 0.5) is 0 Å². The van der Waals surface area contributed by atoms with Gasteiger partial charge in [-0.2, -0.15) is 0 Å². The van der Waals surface area contributed by atoms with Gasteiger partial charge in [0.15, 0.2) is 0 Å². The fraction of sp³-hybridized carbons (Fsp3) is 0.333. The van der Waals surface area contributed by atoms with Crippen LogP contribution in [0, 0.1) is 6.92 Å². The Morgan fingerprint density at radius 2 is 1.90 bits per heavy atom. The predicted octanol–water partition coefficient (Wildman–Crippen LogP) is 2.59. The minimum absolute atomic E-state index is 0.173. The monoisotopic (exact) mass is 325 g/mol. The second kappa shape index (κ2) is 6.70. The molecular weight excluding hydrogens is 306 g/mol. The molecule has 0 unspecified atom stereocenters. The molecule has 21 heavy (non-hydrogen) atoms. The summed E-state index contributed by atoms with van der Waals surface area (Å²) in [5, 5.41) is 9.14. The van der Waals surface area contributed by atoms with Gasteiger partial charge in [0.2, 0.25) is 10.0 Å². The van der Waals surface area contributed by atoms with Crippen LogP contribution in [0.5, 0.6) is 0 Å². The molecule has 114 valence electrons. The second-order valence-corrected chi connectivity index (χ2v) is 7.79. The fourth-order valence-corrected chi connectivity index (χ4v) is 4.27. The van der Waals surface area contributed by atoms with Gasteiger partial charge in [-0.1, -0.05) is 19.1 Å². The Morgan fingerprint density at radius 1 is 1.19 bits per heavy atom. The molecule has 2 N–H and O–H groups in total. The molecule has 0 atom stereocenters. The van der Waals surface area contributed by atoms with E-state index in [9.17, 15) is 8.42 Å². The SMILES string of the molecule is CCc1ccc(CNS(=O)(=O)c2cc(CO)ccc2C)s1. The van der Waals surface area contributed by atoms with E-state index in [1.165, 1.54) is 10.9 Å². The Labute approximate surface area is 129 Å². The number of aryl methyl sites for hydroxylation is 2. The molecule has 2 aromatic rings. The number of nitrogens with one attached hydrogen (secondary N) is 1. The molecule has 0 saturated heterocycles. The Kier molecular flexibility index (Phi) is 5.16. The van der Waals surface area contributed by atoms with Crippen molar-refractivity contribution in [2.45, 2.75) is 38.3 Å². The van der Waals surface area contributed by atoms with Crippen molar-refractivity contribution in [2.75, 3.05) is 0 Å². The summed E-state index contributed by atoms with van der Waals surface area (Å²) in [5.41, 5.74) is 1.26. The van der Waals surface area contributed by atoms with Crippen molar-refractivity contribution in [3.05, 3.63) is 51.2 Å². The lowest BCUT2D eigenvalue weighted by Gasteiger charge is -2.10. The molecule has 1 heterocycles. The van der Waals surface area contributed by atoms with Crippen LogP contribution in [0.3, 0.4) is 0 Å². The highest BCUT2D eigenvalue weighted by Crippen LogP contribution is 2.20. The van der Waals surface area contributed by atoms with Crippen molar-refractivity contribution >= 4 is 21.4 Å². The average Bonchev–Trinajstić information content (AvgIpc) is 2.94. The van der Waals surface area contributed by atoms with Gasteiger partial charge in [0.25, 0.3) is 0 Å². The average molecular weight is 325 g/mol. The van der Waals surface area contributed by atoms with Crippen LogP contribution in [-0.2, 0) is 29.6 Å². The summed E-state index contributed by atoms with van der Waals surface area (Å²) in [6.45, 7) is 3.93. The molecule has 0 saturated carbocycles. The van der Waals surface area contributed by atoms with Crippen LogP contribution in [0.2, 0.25) is 0 Å². The van der Waals surface area contributed by atoms with E-state index < -0.39 is 10.0 Å². The Balaban J connectivity index is 2.18. The predicted molar refractivity (Wildman–Crippen MR) is 84.8 cm³/mol. The molecule has 4 nitrogen and oxygen atoms in total. The maximum absolute atomic E-state index is 12.4. The molecule has 2 rings (SSSR count). The molecular formula is C15H19NO3S2. The van der Waals surface area contributed by atoms with Gasteiger partial charge in [0, 0.05) is 16.3 Å². The van der Waals surface area contributed by atoms with Crippen molar-refractivity contribution in [2.24, 2.45) is 0 Å². The van der Waals surface area contributed by atoms with E-state index >= 15 is 0 Å². The van der Waals surface area contributed by atoms with Gasteiger partial charge >= 0.3 is 0 Å². The largest absolute Gasteiger partial charge is 0.392 e. The molecule has 0 aliphatic carbocycles. The lowest BCUT2D eigenvalue weighted by Crippen LogP contribution is -2.23. The van der Waals surface area contributed by atoms with E-state index in [0.29, 0.717) is 11.1 Å². The van der Waals surface area contributed by atoms with Crippen LogP contribution in [-0.4, -0.2) is 13.5 Å². The summed E-state index contributed by atoms with van der Waals surface area (Å²) in [6.07, 6.45) is 0.953. The summed E-state index contributed by atoms with van der Waals surface area (Å²) >= 11 is 1.61. The van der Waals surface area contributed by atoms with Crippen LogP contribution < -0.4 is 4.72 Å². The Hall–Kier alpha value is -1.21. The maximum atomic E-state index is 12.4. The quantitative estimate of drug-likeness (QED) is 0.858. The summed E-state index contributed by atoms with van der Waals surface area (Å²) in [4.78, 5) is 2.45. The van der Waals surface area contributed by atoms with Crippen molar-refractivity contribution in [3.63, 3.8) is 0 Å². The van der Waals surface area contributed by atoms with Crippen molar-refractivity contribution in [1.29, 1.82) is 0 Å². The number of sulfonamides is 1. The molecule has 1 aromatic carbocycles. The van der Waals surface area contributed by atoms with E-state index in [1.807, 2.05) is 12.1 Å². The summed E-state index contributed by atoms with van der Waals surface area (Å²) in [5.74, 6) is 0. The van der Waals surface area contributed by atoms with Crippen LogP contribution in [0.1, 0.15) is 27.8 Å². The van der Waals surface area contributed by atoms with Gasteiger partial charge < -0.3 is 5.11 Å². The third-order valence-electron chi connectivity index (χ3n) is 3.23.